The summed E-state index contributed by atoms with van der Waals surface area (Å²) < 4.78 is 2.21. The quantitative estimate of drug-likeness (QED) is 0.736. The molecule has 0 aliphatic carbocycles. The van der Waals surface area contributed by atoms with E-state index >= 15 is 0 Å². The van der Waals surface area contributed by atoms with Crippen molar-refractivity contribution in [1.82, 2.24) is 9.88 Å². The number of benzene rings is 2. The highest BCUT2D eigenvalue weighted by Crippen LogP contribution is 2.25. The van der Waals surface area contributed by atoms with Gasteiger partial charge in [0.25, 0.3) is 0 Å². The van der Waals surface area contributed by atoms with Crippen molar-refractivity contribution in [2.24, 2.45) is 0 Å². The van der Waals surface area contributed by atoms with E-state index in [1.54, 1.807) is 6.07 Å². The van der Waals surface area contributed by atoms with Crippen LogP contribution in [0, 0.1) is 0 Å². The Bertz CT molecular complexity index is 778. The Hall–Kier alpha value is -1.48. The van der Waals surface area contributed by atoms with Crippen LogP contribution in [0.5, 0.6) is 0 Å². The van der Waals surface area contributed by atoms with Gasteiger partial charge >= 0.3 is 0 Å². The van der Waals surface area contributed by atoms with Crippen LogP contribution >= 0.6 is 23.2 Å². The Morgan fingerprint density at radius 1 is 1.05 bits per heavy atom. The highest BCUT2D eigenvalue weighted by atomic mass is 35.5. The third-order valence-electron chi connectivity index (χ3n) is 3.63. The molecule has 0 radical (unpaired) electrons. The molecule has 0 atom stereocenters. The molecule has 0 aliphatic rings. The number of fused-ring (bicyclic) bond motifs is 1. The van der Waals surface area contributed by atoms with Crippen LogP contribution in [0.3, 0.4) is 0 Å². The molecule has 0 amide bonds. The molecule has 0 fully saturated rings. The van der Waals surface area contributed by atoms with Gasteiger partial charge in [0.1, 0.15) is 0 Å². The number of aromatic nitrogens is 1. The van der Waals surface area contributed by atoms with Crippen molar-refractivity contribution in [3.05, 3.63) is 69.8 Å². The van der Waals surface area contributed by atoms with Crippen LogP contribution in [0.25, 0.3) is 10.9 Å². The van der Waals surface area contributed by atoms with Crippen molar-refractivity contribution in [1.29, 1.82) is 0 Å². The zero-order valence-corrected chi connectivity index (χ0v) is 13.2. The summed E-state index contributed by atoms with van der Waals surface area (Å²) in [5, 5.41) is 5.85. The first kappa shape index (κ1) is 14.5. The van der Waals surface area contributed by atoms with Gasteiger partial charge in [-0.05, 0) is 42.4 Å². The smallest absolute Gasteiger partial charge is 0.0490 e. The lowest BCUT2D eigenvalue weighted by molar-refractivity contribution is 0.821. The van der Waals surface area contributed by atoms with E-state index in [0.717, 1.165) is 18.7 Å². The summed E-state index contributed by atoms with van der Waals surface area (Å²) in [6.07, 6.45) is 2.11. The molecule has 2 nitrogen and oxygen atoms in total. The second kappa shape index (κ2) is 6.10. The molecule has 3 rings (SSSR count). The first-order chi connectivity index (χ1) is 10.2. The van der Waals surface area contributed by atoms with Gasteiger partial charge in [0, 0.05) is 40.2 Å². The third-order valence-corrected chi connectivity index (χ3v) is 4.21. The summed E-state index contributed by atoms with van der Waals surface area (Å²) in [4.78, 5) is 0. The van der Waals surface area contributed by atoms with Gasteiger partial charge in [0.15, 0.2) is 0 Å². The number of rotatable bonds is 4. The van der Waals surface area contributed by atoms with Crippen molar-refractivity contribution in [3.8, 4) is 0 Å². The predicted molar refractivity (Wildman–Crippen MR) is 90.3 cm³/mol. The van der Waals surface area contributed by atoms with Crippen LogP contribution in [-0.2, 0) is 13.1 Å². The SMILES string of the molecule is CNCc1cccc2c1ccn2Cc1ccc(Cl)cc1Cl. The molecule has 1 heterocycles. The van der Waals surface area contributed by atoms with Crippen LogP contribution in [0.2, 0.25) is 10.0 Å². The fraction of sp³-hybridized carbons (Fsp3) is 0.176. The topological polar surface area (TPSA) is 17.0 Å². The number of nitrogens with one attached hydrogen (secondary N) is 1. The monoisotopic (exact) mass is 318 g/mol. The van der Waals surface area contributed by atoms with Crippen molar-refractivity contribution >= 4 is 34.1 Å². The molecule has 2 aromatic carbocycles. The Labute approximate surface area is 134 Å². The molecular weight excluding hydrogens is 303 g/mol. The first-order valence-electron chi connectivity index (χ1n) is 6.84. The van der Waals surface area contributed by atoms with Crippen molar-refractivity contribution < 1.29 is 0 Å². The van der Waals surface area contributed by atoms with Gasteiger partial charge < -0.3 is 9.88 Å². The maximum Gasteiger partial charge on any atom is 0.0490 e. The molecule has 1 aromatic heterocycles. The van der Waals surface area contributed by atoms with E-state index in [4.69, 9.17) is 23.2 Å². The average molecular weight is 319 g/mol. The molecule has 0 saturated carbocycles. The number of hydrogen-bond donors (Lipinski definition) is 1. The minimum absolute atomic E-state index is 0.664. The van der Waals surface area contributed by atoms with Gasteiger partial charge in [-0.15, -0.1) is 0 Å². The lowest BCUT2D eigenvalue weighted by atomic mass is 10.1. The highest BCUT2D eigenvalue weighted by molar-refractivity contribution is 6.35. The molecule has 0 spiro atoms. The number of halogens is 2. The Morgan fingerprint density at radius 2 is 1.90 bits per heavy atom. The fourth-order valence-corrected chi connectivity index (χ4v) is 3.07. The van der Waals surface area contributed by atoms with Crippen LogP contribution in [0.1, 0.15) is 11.1 Å². The maximum absolute atomic E-state index is 6.27. The zero-order chi connectivity index (χ0) is 14.8. The Balaban J connectivity index is 1.99. The van der Waals surface area contributed by atoms with Crippen molar-refractivity contribution in [2.75, 3.05) is 7.05 Å². The van der Waals surface area contributed by atoms with Crippen LogP contribution in [0.15, 0.2) is 48.7 Å². The predicted octanol–water partition coefficient (Wildman–Crippen LogP) is 4.72. The van der Waals surface area contributed by atoms with Crippen molar-refractivity contribution in [2.45, 2.75) is 13.1 Å². The molecule has 108 valence electrons. The van der Waals surface area contributed by atoms with E-state index in [2.05, 4.69) is 40.3 Å². The van der Waals surface area contributed by atoms with Gasteiger partial charge in [0.05, 0.1) is 0 Å². The minimum Gasteiger partial charge on any atom is -0.343 e. The fourth-order valence-electron chi connectivity index (χ4n) is 2.60. The van der Waals surface area contributed by atoms with Gasteiger partial charge in [-0.3, -0.25) is 0 Å². The number of hydrogen-bond acceptors (Lipinski definition) is 1. The standard InChI is InChI=1S/C17H16Cl2N2/c1-20-10-12-3-2-4-17-15(12)7-8-21(17)11-13-5-6-14(18)9-16(13)19/h2-9,20H,10-11H2,1H3. The van der Waals surface area contributed by atoms with Gasteiger partial charge in [-0.2, -0.15) is 0 Å². The molecule has 0 bridgehead atoms. The van der Waals surface area contributed by atoms with Crippen molar-refractivity contribution in [3.63, 3.8) is 0 Å². The van der Waals surface area contributed by atoms with Crippen LogP contribution in [-0.4, -0.2) is 11.6 Å². The maximum atomic E-state index is 6.27. The average Bonchev–Trinajstić information content (AvgIpc) is 2.87. The summed E-state index contributed by atoms with van der Waals surface area (Å²) >= 11 is 12.2. The minimum atomic E-state index is 0.664. The molecule has 0 aliphatic heterocycles. The molecule has 3 aromatic rings. The summed E-state index contributed by atoms with van der Waals surface area (Å²) in [6.45, 7) is 1.60. The van der Waals surface area contributed by atoms with E-state index in [-0.39, 0.29) is 0 Å². The molecule has 0 unspecified atom stereocenters. The van der Waals surface area contributed by atoms with Gasteiger partial charge in [-0.25, -0.2) is 0 Å². The van der Waals surface area contributed by atoms with Crippen LogP contribution in [0.4, 0.5) is 0 Å². The van der Waals surface area contributed by atoms with E-state index < -0.39 is 0 Å². The largest absolute Gasteiger partial charge is 0.343 e. The normalized spacial score (nSPS) is 11.2. The van der Waals surface area contributed by atoms with E-state index in [1.165, 1.54) is 16.5 Å². The van der Waals surface area contributed by atoms with Crippen LogP contribution < -0.4 is 5.32 Å². The van der Waals surface area contributed by atoms with E-state index in [9.17, 15) is 0 Å². The third kappa shape index (κ3) is 2.93. The summed E-state index contributed by atoms with van der Waals surface area (Å²) in [6, 6.07) is 14.2. The second-order valence-electron chi connectivity index (χ2n) is 5.06. The molecule has 0 saturated heterocycles. The lowest BCUT2D eigenvalue weighted by Gasteiger charge is -2.09. The second-order valence-corrected chi connectivity index (χ2v) is 5.90. The molecular formula is C17H16Cl2N2. The van der Waals surface area contributed by atoms with Gasteiger partial charge in [-0.1, -0.05) is 41.4 Å². The zero-order valence-electron chi connectivity index (χ0n) is 11.7. The summed E-state index contributed by atoms with van der Waals surface area (Å²) in [5.41, 5.74) is 3.59. The number of nitrogens with zero attached hydrogens (tertiary/aromatic N) is 1. The summed E-state index contributed by atoms with van der Waals surface area (Å²) in [5.74, 6) is 0. The highest BCUT2D eigenvalue weighted by Gasteiger charge is 2.07. The molecule has 4 heteroatoms. The first-order valence-corrected chi connectivity index (χ1v) is 7.60. The molecule has 1 N–H and O–H groups in total. The lowest BCUT2D eigenvalue weighted by Crippen LogP contribution is -2.05. The molecule has 21 heavy (non-hydrogen) atoms. The Kier molecular flexibility index (Phi) is 4.20. The van der Waals surface area contributed by atoms with E-state index in [1.807, 2.05) is 19.2 Å². The summed E-state index contributed by atoms with van der Waals surface area (Å²) in [7, 11) is 1.96. The Morgan fingerprint density at radius 3 is 2.67 bits per heavy atom. The van der Waals surface area contributed by atoms with Gasteiger partial charge in [0.2, 0.25) is 0 Å². The van der Waals surface area contributed by atoms with E-state index in [0.29, 0.717) is 10.0 Å².